The molecule has 4 rings (SSSR count). The maximum absolute atomic E-state index is 12.7. The molecule has 0 bridgehead atoms. The van der Waals surface area contributed by atoms with Gasteiger partial charge in [-0.05, 0) is 60.7 Å². The summed E-state index contributed by atoms with van der Waals surface area (Å²) in [6, 6.07) is 0.395. The highest BCUT2D eigenvalue weighted by Crippen LogP contribution is 2.66. The molecule has 0 N–H and O–H groups in total. The van der Waals surface area contributed by atoms with Crippen LogP contribution in [0.3, 0.4) is 0 Å². The minimum absolute atomic E-state index is 0.0750. The molecule has 4 fully saturated rings. The number of likely N-dealkylation sites (tertiary alicyclic amines) is 1. The Morgan fingerprint density at radius 1 is 1.08 bits per heavy atom. The second kappa shape index (κ2) is 5.08. The predicted molar refractivity (Wildman–Crippen MR) is 94.3 cm³/mol. The number of amides is 1. The lowest BCUT2D eigenvalue weighted by molar-refractivity contribution is -0.168. The third-order valence-electron chi connectivity index (χ3n) is 8.95. The number of piperidine rings is 1. The summed E-state index contributed by atoms with van der Waals surface area (Å²) in [4.78, 5) is 27.1. The summed E-state index contributed by atoms with van der Waals surface area (Å²) in [6.07, 6.45) is 5.89. The van der Waals surface area contributed by atoms with Crippen LogP contribution in [0.15, 0.2) is 0 Å². The van der Waals surface area contributed by atoms with Crippen LogP contribution >= 0.6 is 0 Å². The number of carbonyl (C=O) groups excluding carboxylic acids is 2. The van der Waals surface area contributed by atoms with Gasteiger partial charge in [-0.15, -0.1) is 0 Å². The molecule has 0 aromatic rings. The minimum atomic E-state index is -0.0750. The van der Waals surface area contributed by atoms with Gasteiger partial charge >= 0.3 is 0 Å². The van der Waals surface area contributed by atoms with Crippen molar-refractivity contribution in [1.29, 1.82) is 0 Å². The molecule has 3 nitrogen and oxygen atoms in total. The zero-order valence-electron chi connectivity index (χ0n) is 16.0. The number of hydrogen-bond acceptors (Lipinski definition) is 2. The van der Waals surface area contributed by atoms with E-state index in [-0.39, 0.29) is 10.8 Å². The third kappa shape index (κ3) is 1.90. The highest BCUT2D eigenvalue weighted by Gasteiger charge is 2.64. The summed E-state index contributed by atoms with van der Waals surface area (Å²) in [5.74, 6) is 3.88. The van der Waals surface area contributed by atoms with Crippen molar-refractivity contribution >= 4 is 11.7 Å². The first-order valence-electron chi connectivity index (χ1n) is 9.99. The normalized spacial score (nSPS) is 54.3. The van der Waals surface area contributed by atoms with Crippen molar-refractivity contribution in [1.82, 2.24) is 4.90 Å². The van der Waals surface area contributed by atoms with Crippen LogP contribution in [0, 0.1) is 40.4 Å². The number of rotatable bonds is 0. The van der Waals surface area contributed by atoms with E-state index in [1.54, 1.807) is 0 Å². The van der Waals surface area contributed by atoms with E-state index in [4.69, 9.17) is 0 Å². The first-order valence-corrected chi connectivity index (χ1v) is 9.99. The standard InChI is InChI=1S/C21H33NO2/c1-12-10-15-20(3,9-7-17(24)22(15)5)14-6-8-21(4)16(23)11-13(2)19(21)18(12)14/h12-15,18-19H,6-11H2,1-5H3/t12-,13?,14-,15+,18+,19-,20+,21+/m0/s1. The van der Waals surface area contributed by atoms with Crippen molar-refractivity contribution in [2.24, 2.45) is 40.4 Å². The number of nitrogens with zero attached hydrogens (tertiary/aromatic N) is 1. The Morgan fingerprint density at radius 2 is 1.79 bits per heavy atom. The largest absolute Gasteiger partial charge is 0.342 e. The SMILES string of the molecule is CC1CC(=O)[C@@]2(C)CC[C@H]3[C@@H]([C@@H](C)C[C@H]4N(C)C(=O)CC[C@]34C)[C@H]12. The predicted octanol–water partition coefficient (Wildman–Crippen LogP) is 3.91. The maximum Gasteiger partial charge on any atom is 0.222 e. The van der Waals surface area contributed by atoms with Gasteiger partial charge in [0.25, 0.3) is 0 Å². The van der Waals surface area contributed by atoms with Gasteiger partial charge in [0, 0.05) is 31.3 Å². The second-order valence-corrected chi connectivity index (χ2v) is 10.0. The summed E-state index contributed by atoms with van der Waals surface area (Å²) in [7, 11) is 2.02. The lowest BCUT2D eigenvalue weighted by Crippen LogP contribution is -2.63. The minimum Gasteiger partial charge on any atom is -0.342 e. The van der Waals surface area contributed by atoms with E-state index in [0.29, 0.717) is 53.7 Å². The monoisotopic (exact) mass is 331 g/mol. The summed E-state index contributed by atoms with van der Waals surface area (Å²) < 4.78 is 0. The van der Waals surface area contributed by atoms with Gasteiger partial charge in [-0.1, -0.05) is 27.7 Å². The molecule has 0 spiro atoms. The topological polar surface area (TPSA) is 37.4 Å². The van der Waals surface area contributed by atoms with Crippen molar-refractivity contribution in [2.75, 3.05) is 7.05 Å². The molecular formula is C21H33NO2. The van der Waals surface area contributed by atoms with E-state index < -0.39 is 0 Å². The summed E-state index contributed by atoms with van der Waals surface area (Å²) in [5, 5.41) is 0. The molecule has 24 heavy (non-hydrogen) atoms. The quantitative estimate of drug-likeness (QED) is 0.675. The van der Waals surface area contributed by atoms with E-state index in [1.165, 1.54) is 6.42 Å². The van der Waals surface area contributed by atoms with Crippen molar-refractivity contribution in [3.63, 3.8) is 0 Å². The van der Waals surface area contributed by atoms with Gasteiger partial charge in [-0.2, -0.15) is 0 Å². The van der Waals surface area contributed by atoms with E-state index in [2.05, 4.69) is 32.6 Å². The number of ketones is 1. The average Bonchev–Trinajstić information content (AvgIpc) is 2.76. The fourth-order valence-corrected chi connectivity index (χ4v) is 7.70. The van der Waals surface area contributed by atoms with Gasteiger partial charge in [-0.3, -0.25) is 9.59 Å². The molecule has 1 aliphatic heterocycles. The van der Waals surface area contributed by atoms with E-state index in [0.717, 1.165) is 25.7 Å². The fraction of sp³-hybridized carbons (Fsp3) is 0.905. The maximum atomic E-state index is 12.7. The zero-order valence-corrected chi connectivity index (χ0v) is 16.0. The lowest BCUT2D eigenvalue weighted by atomic mass is 9.44. The van der Waals surface area contributed by atoms with Crippen molar-refractivity contribution in [3.8, 4) is 0 Å². The van der Waals surface area contributed by atoms with Gasteiger partial charge < -0.3 is 4.90 Å². The molecule has 1 saturated heterocycles. The third-order valence-corrected chi connectivity index (χ3v) is 8.95. The molecule has 0 aromatic carbocycles. The molecule has 0 aromatic heterocycles. The molecule has 1 unspecified atom stereocenters. The number of hydrogen-bond donors (Lipinski definition) is 0. The number of Topliss-reactive ketones (excluding diaryl/α,β-unsaturated/α-hetero) is 1. The highest BCUT2D eigenvalue weighted by atomic mass is 16.2. The van der Waals surface area contributed by atoms with Crippen LogP contribution in [0.4, 0.5) is 0 Å². The molecule has 0 radical (unpaired) electrons. The number of fused-ring (bicyclic) bond motifs is 5. The zero-order chi connectivity index (χ0) is 17.4. The van der Waals surface area contributed by atoms with Gasteiger partial charge in [0.1, 0.15) is 5.78 Å². The lowest BCUT2D eigenvalue weighted by Gasteiger charge is -2.63. The molecular weight excluding hydrogens is 298 g/mol. The molecule has 3 heteroatoms. The van der Waals surface area contributed by atoms with Gasteiger partial charge in [0.2, 0.25) is 5.91 Å². The van der Waals surface area contributed by atoms with E-state index in [9.17, 15) is 9.59 Å². The molecule has 3 aliphatic carbocycles. The molecule has 4 aliphatic rings. The first-order chi connectivity index (χ1) is 11.2. The van der Waals surface area contributed by atoms with Gasteiger partial charge in [0.15, 0.2) is 0 Å². The molecule has 134 valence electrons. The Hall–Kier alpha value is -0.860. The highest BCUT2D eigenvalue weighted by molar-refractivity contribution is 5.87. The average molecular weight is 332 g/mol. The van der Waals surface area contributed by atoms with Crippen molar-refractivity contribution in [3.05, 3.63) is 0 Å². The fourth-order valence-electron chi connectivity index (χ4n) is 7.70. The second-order valence-electron chi connectivity index (χ2n) is 10.0. The van der Waals surface area contributed by atoms with Crippen LogP contribution < -0.4 is 0 Å². The summed E-state index contributed by atoms with van der Waals surface area (Å²) in [6.45, 7) is 9.42. The summed E-state index contributed by atoms with van der Waals surface area (Å²) in [5.41, 5.74) is 0.168. The molecule has 1 heterocycles. The van der Waals surface area contributed by atoms with Crippen molar-refractivity contribution < 1.29 is 9.59 Å². The van der Waals surface area contributed by atoms with E-state index in [1.807, 2.05) is 7.05 Å². The Kier molecular flexibility index (Phi) is 3.51. The van der Waals surface area contributed by atoms with Gasteiger partial charge in [0.05, 0.1) is 0 Å². The molecule has 8 atom stereocenters. The molecule has 3 saturated carbocycles. The Labute approximate surface area is 146 Å². The van der Waals surface area contributed by atoms with Crippen molar-refractivity contribution in [2.45, 2.75) is 72.3 Å². The summed E-state index contributed by atoms with van der Waals surface area (Å²) >= 11 is 0. The van der Waals surface area contributed by atoms with Crippen LogP contribution in [-0.2, 0) is 9.59 Å². The molecule has 1 amide bonds. The smallest absolute Gasteiger partial charge is 0.222 e. The van der Waals surface area contributed by atoms with Crippen LogP contribution in [-0.4, -0.2) is 29.7 Å². The van der Waals surface area contributed by atoms with E-state index >= 15 is 0 Å². The van der Waals surface area contributed by atoms with Crippen LogP contribution in [0.1, 0.15) is 66.2 Å². The first kappa shape index (κ1) is 16.6. The van der Waals surface area contributed by atoms with Crippen LogP contribution in [0.2, 0.25) is 0 Å². The Morgan fingerprint density at radius 3 is 2.50 bits per heavy atom. The van der Waals surface area contributed by atoms with Crippen LogP contribution in [0.5, 0.6) is 0 Å². The Bertz CT molecular complexity index is 586. The number of carbonyl (C=O) groups is 2. The Balaban J connectivity index is 1.74. The van der Waals surface area contributed by atoms with Crippen LogP contribution in [0.25, 0.3) is 0 Å². The van der Waals surface area contributed by atoms with Gasteiger partial charge in [-0.25, -0.2) is 0 Å².